The van der Waals surface area contributed by atoms with Gasteiger partial charge in [-0.15, -0.1) is 0 Å². The summed E-state index contributed by atoms with van der Waals surface area (Å²) in [5.41, 5.74) is 0. The summed E-state index contributed by atoms with van der Waals surface area (Å²) in [5, 5.41) is 0. The van der Waals surface area contributed by atoms with Crippen LogP contribution in [0.1, 0.15) is 64.2 Å². The average molecular weight is 210 g/mol. The Morgan fingerprint density at radius 3 is 2.13 bits per heavy atom. The molecule has 1 aliphatic carbocycles. The van der Waals surface area contributed by atoms with Crippen LogP contribution in [0.5, 0.6) is 0 Å². The van der Waals surface area contributed by atoms with Gasteiger partial charge in [0.2, 0.25) is 0 Å². The zero-order valence-electron chi connectivity index (χ0n) is 10.0. The van der Waals surface area contributed by atoms with E-state index in [1.807, 2.05) is 0 Å². The van der Waals surface area contributed by atoms with Gasteiger partial charge in [0.25, 0.3) is 0 Å². The first-order chi connectivity index (χ1) is 7.45. The number of ether oxygens (including phenoxy) is 1. The van der Waals surface area contributed by atoms with Crippen LogP contribution in [0, 0.1) is 11.8 Å². The van der Waals surface area contributed by atoms with Crippen molar-refractivity contribution in [2.24, 2.45) is 11.8 Å². The molecule has 0 aromatic rings. The van der Waals surface area contributed by atoms with Gasteiger partial charge in [0.05, 0.1) is 0 Å². The van der Waals surface area contributed by atoms with Crippen LogP contribution in [-0.4, -0.2) is 13.2 Å². The van der Waals surface area contributed by atoms with Gasteiger partial charge in [-0.2, -0.15) is 0 Å². The smallest absolute Gasteiger partial charge is 0.0468 e. The molecule has 2 aliphatic rings. The summed E-state index contributed by atoms with van der Waals surface area (Å²) in [6, 6.07) is 0. The summed E-state index contributed by atoms with van der Waals surface area (Å²) in [6.45, 7) is 2.04. The van der Waals surface area contributed by atoms with Crippen LogP contribution in [0.2, 0.25) is 0 Å². The summed E-state index contributed by atoms with van der Waals surface area (Å²) in [7, 11) is 0. The Bertz CT molecular complexity index is 153. The third-order valence-corrected chi connectivity index (χ3v) is 4.28. The van der Waals surface area contributed by atoms with Gasteiger partial charge in [-0.3, -0.25) is 0 Å². The minimum Gasteiger partial charge on any atom is -0.381 e. The molecule has 1 heterocycles. The molecule has 0 spiro atoms. The van der Waals surface area contributed by atoms with Crippen molar-refractivity contribution in [3.63, 3.8) is 0 Å². The van der Waals surface area contributed by atoms with E-state index in [9.17, 15) is 0 Å². The second-order valence-corrected chi connectivity index (χ2v) is 5.49. The summed E-state index contributed by atoms with van der Waals surface area (Å²) in [6.07, 6.45) is 14.6. The molecule has 2 rings (SSSR count). The monoisotopic (exact) mass is 210 g/mol. The molecular formula is C14H26O. The molecule has 0 N–H and O–H groups in total. The largest absolute Gasteiger partial charge is 0.381 e. The maximum atomic E-state index is 5.52. The first-order valence-corrected chi connectivity index (χ1v) is 7.03. The zero-order chi connectivity index (χ0) is 10.3. The van der Waals surface area contributed by atoms with Crippen molar-refractivity contribution in [1.82, 2.24) is 0 Å². The van der Waals surface area contributed by atoms with Crippen molar-refractivity contribution in [3.8, 4) is 0 Å². The maximum absolute atomic E-state index is 5.52. The second-order valence-electron chi connectivity index (χ2n) is 5.49. The van der Waals surface area contributed by atoms with Crippen molar-refractivity contribution in [1.29, 1.82) is 0 Å². The van der Waals surface area contributed by atoms with Gasteiger partial charge in [0.15, 0.2) is 0 Å². The van der Waals surface area contributed by atoms with E-state index in [2.05, 4.69) is 0 Å². The molecule has 2 fully saturated rings. The van der Waals surface area contributed by atoms with Crippen molar-refractivity contribution in [2.45, 2.75) is 64.2 Å². The lowest BCUT2D eigenvalue weighted by Gasteiger charge is -2.23. The van der Waals surface area contributed by atoms with Crippen LogP contribution in [0.15, 0.2) is 0 Å². The molecule has 1 unspecified atom stereocenters. The van der Waals surface area contributed by atoms with Gasteiger partial charge >= 0.3 is 0 Å². The summed E-state index contributed by atoms with van der Waals surface area (Å²) < 4.78 is 5.52. The Balaban J connectivity index is 1.62. The molecular weight excluding hydrogens is 184 g/mol. The van der Waals surface area contributed by atoms with Crippen LogP contribution in [0.25, 0.3) is 0 Å². The lowest BCUT2D eigenvalue weighted by Crippen LogP contribution is -2.09. The van der Waals surface area contributed by atoms with Crippen molar-refractivity contribution in [3.05, 3.63) is 0 Å². The molecule has 1 atom stereocenters. The van der Waals surface area contributed by atoms with Crippen LogP contribution in [0.3, 0.4) is 0 Å². The van der Waals surface area contributed by atoms with Gasteiger partial charge in [0, 0.05) is 13.2 Å². The highest BCUT2D eigenvalue weighted by atomic mass is 16.5. The highest BCUT2D eigenvalue weighted by Gasteiger charge is 2.17. The van der Waals surface area contributed by atoms with Gasteiger partial charge in [-0.05, 0) is 31.1 Å². The van der Waals surface area contributed by atoms with Crippen molar-refractivity contribution in [2.75, 3.05) is 13.2 Å². The molecule has 0 amide bonds. The fraction of sp³-hybridized carbons (Fsp3) is 1.00. The Kier molecular flexibility index (Phi) is 4.98. The highest BCUT2D eigenvalue weighted by molar-refractivity contribution is 4.69. The first kappa shape index (κ1) is 11.4. The zero-order valence-corrected chi connectivity index (χ0v) is 10.0. The normalized spacial score (nSPS) is 30.0. The maximum Gasteiger partial charge on any atom is 0.0468 e. The summed E-state index contributed by atoms with van der Waals surface area (Å²) in [4.78, 5) is 0. The van der Waals surface area contributed by atoms with Crippen LogP contribution in [0.4, 0.5) is 0 Å². The van der Waals surface area contributed by atoms with E-state index >= 15 is 0 Å². The molecule has 0 aromatic carbocycles. The molecule has 0 bridgehead atoms. The van der Waals surface area contributed by atoms with E-state index < -0.39 is 0 Å². The lowest BCUT2D eigenvalue weighted by molar-refractivity contribution is 0.140. The molecule has 15 heavy (non-hydrogen) atoms. The predicted molar refractivity (Wildman–Crippen MR) is 64.0 cm³/mol. The standard InChI is InChI=1S/C14H26O/c1-2-5-13(6-3-1)8-9-14-7-4-11-15-12-10-14/h13-14H,1-12H2. The Morgan fingerprint density at radius 2 is 1.33 bits per heavy atom. The fourth-order valence-corrected chi connectivity index (χ4v) is 3.21. The van der Waals surface area contributed by atoms with E-state index in [1.54, 1.807) is 0 Å². The molecule has 1 aliphatic heterocycles. The molecule has 1 saturated heterocycles. The number of rotatable bonds is 3. The van der Waals surface area contributed by atoms with Gasteiger partial charge in [-0.25, -0.2) is 0 Å². The number of hydrogen-bond donors (Lipinski definition) is 0. The third kappa shape index (κ3) is 4.14. The lowest BCUT2D eigenvalue weighted by atomic mass is 9.83. The summed E-state index contributed by atoms with van der Waals surface area (Å²) in [5.74, 6) is 2.05. The number of hydrogen-bond acceptors (Lipinski definition) is 1. The van der Waals surface area contributed by atoms with Gasteiger partial charge in [-0.1, -0.05) is 44.9 Å². The average Bonchev–Trinajstić information content (AvgIpc) is 2.56. The SMILES string of the molecule is C1CCC(CCC2CCCOCC2)CC1. The van der Waals surface area contributed by atoms with Crippen molar-refractivity contribution >= 4 is 0 Å². The van der Waals surface area contributed by atoms with Crippen molar-refractivity contribution < 1.29 is 4.74 Å². The molecule has 0 aromatic heterocycles. The topological polar surface area (TPSA) is 9.23 Å². The second kappa shape index (κ2) is 6.52. The Morgan fingerprint density at radius 1 is 0.667 bits per heavy atom. The Hall–Kier alpha value is -0.0400. The van der Waals surface area contributed by atoms with Gasteiger partial charge < -0.3 is 4.74 Å². The van der Waals surface area contributed by atoms with E-state index in [4.69, 9.17) is 4.74 Å². The quantitative estimate of drug-likeness (QED) is 0.679. The van der Waals surface area contributed by atoms with Crippen LogP contribution < -0.4 is 0 Å². The molecule has 1 nitrogen and oxygen atoms in total. The highest BCUT2D eigenvalue weighted by Crippen LogP contribution is 2.30. The molecule has 1 saturated carbocycles. The van der Waals surface area contributed by atoms with E-state index in [-0.39, 0.29) is 0 Å². The first-order valence-electron chi connectivity index (χ1n) is 7.03. The Labute approximate surface area is 94.6 Å². The molecule has 88 valence electrons. The predicted octanol–water partition coefficient (Wildman–Crippen LogP) is 4.16. The fourth-order valence-electron chi connectivity index (χ4n) is 3.21. The molecule has 1 heteroatoms. The van der Waals surface area contributed by atoms with E-state index in [0.717, 1.165) is 25.0 Å². The van der Waals surface area contributed by atoms with E-state index in [0.29, 0.717) is 0 Å². The molecule has 0 radical (unpaired) electrons. The minimum absolute atomic E-state index is 0.981. The van der Waals surface area contributed by atoms with Crippen LogP contribution in [-0.2, 0) is 4.74 Å². The van der Waals surface area contributed by atoms with E-state index in [1.165, 1.54) is 64.2 Å². The summed E-state index contributed by atoms with van der Waals surface area (Å²) >= 11 is 0. The third-order valence-electron chi connectivity index (χ3n) is 4.28. The minimum atomic E-state index is 0.981. The van der Waals surface area contributed by atoms with Gasteiger partial charge in [0.1, 0.15) is 0 Å². The van der Waals surface area contributed by atoms with Crippen LogP contribution >= 0.6 is 0 Å².